The van der Waals surface area contributed by atoms with Gasteiger partial charge in [-0.25, -0.2) is 0 Å². The zero-order valence-electron chi connectivity index (χ0n) is 14.0. The summed E-state index contributed by atoms with van der Waals surface area (Å²) in [5, 5.41) is 3.72. The third kappa shape index (κ3) is 4.00. The summed E-state index contributed by atoms with van der Waals surface area (Å²) in [7, 11) is 1.45. The number of nitrogens with zero attached hydrogens (tertiary/aromatic N) is 2. The van der Waals surface area contributed by atoms with Crippen molar-refractivity contribution in [3.63, 3.8) is 0 Å². The van der Waals surface area contributed by atoms with Crippen LogP contribution in [0.25, 0.3) is 0 Å². The van der Waals surface area contributed by atoms with Crippen LogP contribution in [0, 0.1) is 6.92 Å². The Bertz CT molecular complexity index is 939. The highest BCUT2D eigenvalue weighted by Crippen LogP contribution is 2.26. The molecule has 6 heteroatoms. The number of aromatic nitrogens is 2. The van der Waals surface area contributed by atoms with Gasteiger partial charge in [0.25, 0.3) is 0 Å². The molecule has 3 rings (SSSR count). The molecule has 0 aliphatic carbocycles. The minimum absolute atomic E-state index is 0.192. The Morgan fingerprint density at radius 2 is 1.96 bits per heavy atom. The quantitative estimate of drug-likeness (QED) is 0.751. The van der Waals surface area contributed by atoms with E-state index in [1.807, 2.05) is 60.0 Å². The smallest absolute Gasteiger partial charge is 0.316 e. The summed E-state index contributed by atoms with van der Waals surface area (Å²) in [6, 6.07) is 15.5. The van der Waals surface area contributed by atoms with Gasteiger partial charge in [0, 0.05) is 0 Å². The van der Waals surface area contributed by atoms with Crippen molar-refractivity contribution in [3.05, 3.63) is 81.2 Å². The Morgan fingerprint density at radius 1 is 1.20 bits per heavy atom. The van der Waals surface area contributed by atoms with Crippen molar-refractivity contribution < 1.29 is 4.74 Å². The van der Waals surface area contributed by atoms with E-state index < -0.39 is 5.56 Å². The van der Waals surface area contributed by atoms with Gasteiger partial charge in [-0.1, -0.05) is 48.0 Å². The number of benzene rings is 2. The average Bonchev–Trinajstić information content (AvgIpc) is 2.61. The maximum atomic E-state index is 12.1. The number of nitrogens with one attached hydrogen (secondary N) is 1. The number of hydrogen-bond acceptors (Lipinski definition) is 4. The van der Waals surface area contributed by atoms with Crippen LogP contribution in [0.2, 0.25) is 5.02 Å². The Morgan fingerprint density at radius 3 is 2.68 bits per heavy atom. The van der Waals surface area contributed by atoms with Crippen LogP contribution in [0.3, 0.4) is 0 Å². The summed E-state index contributed by atoms with van der Waals surface area (Å²) >= 11 is 6.25. The number of anilines is 2. The largest absolute Gasteiger partial charge is 0.490 e. The van der Waals surface area contributed by atoms with Crippen molar-refractivity contribution in [2.75, 3.05) is 12.4 Å². The molecule has 0 amide bonds. The molecular weight excluding hydrogens is 338 g/mol. The van der Waals surface area contributed by atoms with Crippen molar-refractivity contribution >= 4 is 23.2 Å². The Hall–Kier alpha value is -2.79. The minimum Gasteiger partial charge on any atom is -0.490 e. The molecule has 2 aromatic carbocycles. The van der Waals surface area contributed by atoms with Crippen molar-refractivity contribution in [3.8, 4) is 5.75 Å². The first-order valence-electron chi connectivity index (χ1n) is 7.79. The van der Waals surface area contributed by atoms with Crippen LogP contribution in [0.1, 0.15) is 11.1 Å². The third-order valence-corrected chi connectivity index (χ3v) is 4.08. The number of aryl methyl sites for hydroxylation is 1. The highest BCUT2D eigenvalue weighted by molar-refractivity contribution is 6.33. The molecule has 0 atom stereocenters. The fourth-order valence-electron chi connectivity index (χ4n) is 2.47. The van der Waals surface area contributed by atoms with Crippen LogP contribution in [0.5, 0.6) is 5.75 Å². The third-order valence-electron chi connectivity index (χ3n) is 3.75. The molecule has 0 unspecified atom stereocenters. The molecule has 1 heterocycles. The standard InChI is InChI=1S/C19H18ClN3O2/c1-13-8-9-15(20)16(10-13)21-19-22-18(24)17(25-2)12-23(19)11-14-6-4-3-5-7-14/h3-10,12H,11H2,1-2H3,(H,21,22,24). The summed E-state index contributed by atoms with van der Waals surface area (Å²) in [6.45, 7) is 2.51. The molecule has 1 N–H and O–H groups in total. The summed E-state index contributed by atoms with van der Waals surface area (Å²) in [5.41, 5.74) is 2.39. The lowest BCUT2D eigenvalue weighted by atomic mass is 10.2. The van der Waals surface area contributed by atoms with E-state index in [4.69, 9.17) is 16.3 Å². The lowest BCUT2D eigenvalue weighted by molar-refractivity contribution is 0.402. The van der Waals surface area contributed by atoms with E-state index in [-0.39, 0.29) is 5.75 Å². The van der Waals surface area contributed by atoms with Gasteiger partial charge >= 0.3 is 5.56 Å². The second kappa shape index (κ2) is 7.40. The molecule has 0 saturated carbocycles. The van der Waals surface area contributed by atoms with Gasteiger partial charge in [-0.15, -0.1) is 0 Å². The molecule has 5 nitrogen and oxygen atoms in total. The molecule has 0 aliphatic rings. The van der Waals surface area contributed by atoms with Gasteiger partial charge < -0.3 is 14.6 Å². The minimum atomic E-state index is -0.432. The summed E-state index contributed by atoms with van der Waals surface area (Å²) < 4.78 is 6.95. The molecule has 0 radical (unpaired) electrons. The zero-order valence-corrected chi connectivity index (χ0v) is 14.7. The monoisotopic (exact) mass is 355 g/mol. The van der Waals surface area contributed by atoms with E-state index in [0.717, 1.165) is 11.1 Å². The van der Waals surface area contributed by atoms with E-state index in [0.29, 0.717) is 23.2 Å². The first-order chi connectivity index (χ1) is 12.1. The number of halogens is 1. The van der Waals surface area contributed by atoms with Gasteiger partial charge in [0.2, 0.25) is 11.7 Å². The van der Waals surface area contributed by atoms with Crippen LogP contribution < -0.4 is 15.6 Å². The SMILES string of the molecule is COc1cn(Cc2ccccc2)c(Nc2cc(C)ccc2Cl)nc1=O. The lowest BCUT2D eigenvalue weighted by Crippen LogP contribution is -2.18. The first-order valence-corrected chi connectivity index (χ1v) is 8.17. The number of methoxy groups -OCH3 is 1. The van der Waals surface area contributed by atoms with Gasteiger partial charge in [0.05, 0.1) is 30.6 Å². The van der Waals surface area contributed by atoms with Crippen molar-refractivity contribution in [2.24, 2.45) is 0 Å². The molecule has 0 spiro atoms. The van der Waals surface area contributed by atoms with Crippen molar-refractivity contribution in [1.82, 2.24) is 9.55 Å². The molecule has 0 aliphatic heterocycles. The maximum absolute atomic E-state index is 12.1. The predicted molar refractivity (Wildman–Crippen MR) is 100 cm³/mol. The first kappa shape index (κ1) is 17.0. The Kier molecular flexibility index (Phi) is 5.05. The van der Waals surface area contributed by atoms with Gasteiger partial charge in [-0.05, 0) is 30.2 Å². The van der Waals surface area contributed by atoms with Crippen LogP contribution >= 0.6 is 11.6 Å². The van der Waals surface area contributed by atoms with E-state index in [1.54, 1.807) is 6.20 Å². The van der Waals surface area contributed by atoms with E-state index in [1.165, 1.54) is 7.11 Å². The summed E-state index contributed by atoms with van der Waals surface area (Å²) in [4.78, 5) is 16.2. The van der Waals surface area contributed by atoms with Crippen molar-refractivity contribution in [2.45, 2.75) is 13.5 Å². The number of rotatable bonds is 5. The molecule has 0 fully saturated rings. The summed E-state index contributed by atoms with van der Waals surface area (Å²) in [6.07, 6.45) is 1.65. The zero-order chi connectivity index (χ0) is 17.8. The number of hydrogen-bond donors (Lipinski definition) is 1. The molecule has 3 aromatic rings. The Labute approximate surface area is 150 Å². The molecule has 0 bridgehead atoms. The molecule has 1 aromatic heterocycles. The van der Waals surface area contributed by atoms with E-state index in [9.17, 15) is 4.79 Å². The number of ether oxygens (including phenoxy) is 1. The fraction of sp³-hybridized carbons (Fsp3) is 0.158. The molecular formula is C19H18ClN3O2. The highest BCUT2D eigenvalue weighted by Gasteiger charge is 2.11. The maximum Gasteiger partial charge on any atom is 0.316 e. The topological polar surface area (TPSA) is 56.1 Å². The summed E-state index contributed by atoms with van der Waals surface area (Å²) in [5.74, 6) is 0.596. The highest BCUT2D eigenvalue weighted by atomic mass is 35.5. The molecule has 0 saturated heterocycles. The molecule has 128 valence electrons. The van der Waals surface area contributed by atoms with Crippen LogP contribution in [0.4, 0.5) is 11.6 Å². The Balaban J connectivity index is 2.03. The second-order valence-corrected chi connectivity index (χ2v) is 6.07. The van der Waals surface area contributed by atoms with Crippen molar-refractivity contribution in [1.29, 1.82) is 0 Å². The lowest BCUT2D eigenvalue weighted by Gasteiger charge is -2.16. The van der Waals surface area contributed by atoms with Gasteiger partial charge in [-0.2, -0.15) is 4.98 Å². The van der Waals surface area contributed by atoms with E-state index >= 15 is 0 Å². The second-order valence-electron chi connectivity index (χ2n) is 5.66. The van der Waals surface area contributed by atoms with Gasteiger partial charge in [-0.3, -0.25) is 4.79 Å². The predicted octanol–water partition coefficient (Wildman–Crippen LogP) is 4.01. The van der Waals surface area contributed by atoms with E-state index in [2.05, 4.69) is 10.3 Å². The normalized spacial score (nSPS) is 10.5. The van der Waals surface area contributed by atoms with Crippen LogP contribution in [-0.2, 0) is 6.54 Å². The molecule has 25 heavy (non-hydrogen) atoms. The average molecular weight is 356 g/mol. The van der Waals surface area contributed by atoms with Gasteiger partial charge in [0.1, 0.15) is 0 Å². The van der Waals surface area contributed by atoms with Crippen LogP contribution in [-0.4, -0.2) is 16.7 Å². The van der Waals surface area contributed by atoms with Gasteiger partial charge in [0.15, 0.2) is 0 Å². The fourth-order valence-corrected chi connectivity index (χ4v) is 2.63. The van der Waals surface area contributed by atoms with Crippen LogP contribution in [0.15, 0.2) is 59.5 Å².